The molecule has 1 aromatic rings. The summed E-state index contributed by atoms with van der Waals surface area (Å²) in [5.74, 6) is -5.15. The number of primary amides is 1. The molecule has 1 heterocycles. The molecule has 0 unspecified atom stereocenters. The third-order valence-electron chi connectivity index (χ3n) is 8.70. The van der Waals surface area contributed by atoms with Crippen LogP contribution in [0.25, 0.3) is 0 Å². The monoisotopic (exact) mass is 580 g/mol. The maximum Gasteiger partial charge on any atom is 0.317 e. The van der Waals surface area contributed by atoms with Crippen molar-refractivity contribution in [1.82, 2.24) is 15.1 Å². The number of aliphatic hydroxyl groups is 3. The lowest BCUT2D eigenvalue weighted by atomic mass is 9.58. The van der Waals surface area contributed by atoms with Crippen LogP contribution in [0.1, 0.15) is 33.5 Å². The number of carbonyl (C=O) groups is 4. The average Bonchev–Trinajstić information content (AvgIpc) is 2.94. The molecule has 13 nitrogen and oxygen atoms in total. The number of hydrogen-bond donors (Lipinski definition) is 6. The minimum Gasteiger partial charge on any atom is -0.510 e. The van der Waals surface area contributed by atoms with E-state index in [1.54, 1.807) is 19.0 Å². The Morgan fingerprint density at radius 2 is 1.90 bits per heavy atom. The number of nitrogens with two attached hydrogens (primary N) is 1. The summed E-state index contributed by atoms with van der Waals surface area (Å²) < 4.78 is 5.28. The molecule has 0 spiro atoms. The molecule has 0 aromatic heterocycles. The second-order valence-corrected chi connectivity index (χ2v) is 11.2. The number of nitrogens with one attached hydrogen (secondary N) is 1. The van der Waals surface area contributed by atoms with Gasteiger partial charge in [0, 0.05) is 31.1 Å². The van der Waals surface area contributed by atoms with Crippen molar-refractivity contribution in [1.29, 1.82) is 0 Å². The molecular weight excluding hydrogens is 548 g/mol. The van der Waals surface area contributed by atoms with E-state index < -0.39 is 63.8 Å². The van der Waals surface area contributed by atoms with Gasteiger partial charge in [0.15, 0.2) is 11.4 Å². The van der Waals surface area contributed by atoms with E-state index in [1.165, 1.54) is 11.0 Å². The van der Waals surface area contributed by atoms with Crippen molar-refractivity contribution in [2.24, 2.45) is 17.6 Å². The first-order valence-electron chi connectivity index (χ1n) is 13.4. The standard InChI is InChI=1S/C29H32N4O9/c1-4-13-9-15(12-31-28(40)33-5-7-42-8-6-33)16-10-14-11-17-21(32(2)3)24(36)20(27(30)39)26(38)29(17,41)25(37)18(14)23(35)19(16)22(13)34/h1,9,14,17,21,34,36-37,41H,5-8,10-12H2,2-3H3,(H2,30,39)(H,31,40)/t14-,17-,21-,29-/m0/s1. The van der Waals surface area contributed by atoms with Gasteiger partial charge < -0.3 is 41.1 Å². The van der Waals surface area contributed by atoms with E-state index in [-0.39, 0.29) is 42.1 Å². The largest absolute Gasteiger partial charge is 0.510 e. The Bertz CT molecular complexity index is 1520. The average molecular weight is 581 g/mol. The van der Waals surface area contributed by atoms with E-state index in [9.17, 15) is 39.6 Å². The molecule has 1 fully saturated rings. The molecule has 42 heavy (non-hydrogen) atoms. The molecule has 7 N–H and O–H groups in total. The van der Waals surface area contributed by atoms with Crippen LogP contribution >= 0.6 is 0 Å². The first-order valence-corrected chi connectivity index (χ1v) is 13.4. The molecule has 222 valence electrons. The number of ketones is 2. The summed E-state index contributed by atoms with van der Waals surface area (Å²) >= 11 is 0. The maximum atomic E-state index is 14.0. The van der Waals surface area contributed by atoms with Crippen molar-refractivity contribution in [2.45, 2.75) is 31.0 Å². The number of aliphatic hydroxyl groups excluding tert-OH is 2. The Morgan fingerprint density at radius 1 is 1.24 bits per heavy atom. The number of phenols is 1. The smallest absolute Gasteiger partial charge is 0.317 e. The van der Waals surface area contributed by atoms with Crippen molar-refractivity contribution < 1.29 is 44.3 Å². The molecule has 0 bridgehead atoms. The van der Waals surface area contributed by atoms with Gasteiger partial charge in [0.2, 0.25) is 5.78 Å². The number of nitrogens with zero attached hydrogens (tertiary/aromatic N) is 2. The van der Waals surface area contributed by atoms with Crippen LogP contribution < -0.4 is 11.1 Å². The summed E-state index contributed by atoms with van der Waals surface area (Å²) in [5, 5.41) is 47.9. The summed E-state index contributed by atoms with van der Waals surface area (Å²) in [4.78, 5) is 55.4. The van der Waals surface area contributed by atoms with Crippen LogP contribution in [-0.2, 0) is 27.3 Å². The third-order valence-corrected chi connectivity index (χ3v) is 8.70. The SMILES string of the molecule is C#Cc1cc(CNC(=O)N2CCOCC2)c2c(c1O)C(=O)C1=C(O)[C@]3(O)C(=O)C(C(N)=O)=C(O)[C@@H](N(C)C)[C@@H]3C[C@@H]1C2. The number of likely N-dealkylation sites (N-methyl/N-ethyl adjacent to an activating group) is 1. The molecule has 13 heteroatoms. The van der Waals surface area contributed by atoms with Crippen molar-refractivity contribution in [2.75, 3.05) is 40.4 Å². The number of carbonyl (C=O) groups excluding carboxylic acids is 4. The number of benzene rings is 1. The molecule has 1 saturated heterocycles. The van der Waals surface area contributed by atoms with Gasteiger partial charge in [0.25, 0.3) is 5.91 Å². The molecule has 4 aliphatic rings. The van der Waals surface area contributed by atoms with Gasteiger partial charge in [-0.3, -0.25) is 19.3 Å². The number of Topliss-reactive ketones (excluding diaryl/α,β-unsaturated/α-hetero) is 2. The number of terminal acetylenes is 1. The Kier molecular flexibility index (Phi) is 7.26. The zero-order valence-electron chi connectivity index (χ0n) is 23.1. The van der Waals surface area contributed by atoms with Gasteiger partial charge in [-0.1, -0.05) is 5.92 Å². The van der Waals surface area contributed by atoms with Crippen molar-refractivity contribution in [3.05, 3.63) is 51.0 Å². The Balaban J connectivity index is 1.60. The second kappa shape index (κ2) is 10.5. The molecule has 5 rings (SSSR count). The van der Waals surface area contributed by atoms with Gasteiger partial charge >= 0.3 is 6.03 Å². The van der Waals surface area contributed by atoms with Crippen LogP contribution in [0.2, 0.25) is 0 Å². The first-order chi connectivity index (χ1) is 19.8. The summed E-state index contributed by atoms with van der Waals surface area (Å²) in [6.45, 7) is 1.63. The van der Waals surface area contributed by atoms with Gasteiger partial charge in [-0.25, -0.2) is 4.79 Å². The minimum atomic E-state index is -2.74. The normalized spacial score (nSPS) is 27.3. The minimum absolute atomic E-state index is 0.0177. The number of fused-ring (bicyclic) bond motifs is 3. The summed E-state index contributed by atoms with van der Waals surface area (Å²) in [5.41, 5.74) is 2.11. The number of morpholine rings is 1. The topological polar surface area (TPSA) is 203 Å². The zero-order valence-corrected chi connectivity index (χ0v) is 23.1. The molecule has 3 amide bonds. The summed E-state index contributed by atoms with van der Waals surface area (Å²) in [6.07, 6.45) is 5.63. The van der Waals surface area contributed by atoms with Crippen LogP contribution in [0, 0.1) is 24.2 Å². The number of ether oxygens (including phenoxy) is 1. The van der Waals surface area contributed by atoms with Crippen molar-refractivity contribution in [3.63, 3.8) is 0 Å². The Hall–Kier alpha value is -4.38. The number of aromatic hydroxyl groups is 1. The zero-order chi connectivity index (χ0) is 30.7. The Morgan fingerprint density at radius 3 is 2.50 bits per heavy atom. The highest BCUT2D eigenvalue weighted by molar-refractivity contribution is 6.24. The summed E-state index contributed by atoms with van der Waals surface area (Å²) in [6, 6.07) is 0.0716. The quantitative estimate of drug-likeness (QED) is 0.202. The maximum absolute atomic E-state index is 14.0. The highest BCUT2D eigenvalue weighted by atomic mass is 16.5. The van der Waals surface area contributed by atoms with Crippen molar-refractivity contribution in [3.8, 4) is 18.1 Å². The lowest BCUT2D eigenvalue weighted by molar-refractivity contribution is -0.148. The number of allylic oxidation sites excluding steroid dienone is 1. The van der Waals surface area contributed by atoms with Crippen LogP contribution in [0.5, 0.6) is 5.75 Å². The molecule has 1 aromatic carbocycles. The van der Waals surface area contributed by atoms with Gasteiger partial charge in [0.1, 0.15) is 22.8 Å². The number of phenolic OH excluding ortho intramolecular Hbond substituents is 1. The van der Waals surface area contributed by atoms with Gasteiger partial charge in [-0.15, -0.1) is 6.42 Å². The summed E-state index contributed by atoms with van der Waals surface area (Å²) in [7, 11) is 3.11. The van der Waals surface area contributed by atoms with E-state index in [4.69, 9.17) is 16.9 Å². The van der Waals surface area contributed by atoms with Crippen molar-refractivity contribution >= 4 is 23.5 Å². The van der Waals surface area contributed by atoms with Crippen LogP contribution in [0.15, 0.2) is 28.7 Å². The predicted molar refractivity (Wildman–Crippen MR) is 146 cm³/mol. The number of amides is 3. The van der Waals surface area contributed by atoms with Crippen LogP contribution in [0.3, 0.4) is 0 Å². The number of hydrogen-bond acceptors (Lipinski definition) is 10. The second-order valence-electron chi connectivity index (χ2n) is 11.2. The van der Waals surface area contributed by atoms with E-state index in [0.29, 0.717) is 37.4 Å². The third kappa shape index (κ3) is 4.22. The fraction of sp³-hybridized carbons (Fsp3) is 0.448. The van der Waals surface area contributed by atoms with E-state index >= 15 is 0 Å². The molecular formula is C29H32N4O9. The fourth-order valence-electron chi connectivity index (χ4n) is 6.71. The molecule has 0 saturated carbocycles. The number of rotatable bonds is 4. The molecule has 0 radical (unpaired) electrons. The molecule has 1 aliphatic heterocycles. The highest BCUT2D eigenvalue weighted by Crippen LogP contribution is 2.52. The van der Waals surface area contributed by atoms with Gasteiger partial charge in [0.05, 0.1) is 30.4 Å². The van der Waals surface area contributed by atoms with Crippen LogP contribution in [0.4, 0.5) is 4.79 Å². The van der Waals surface area contributed by atoms with E-state index in [2.05, 4.69) is 11.2 Å². The molecule has 3 aliphatic carbocycles. The number of urea groups is 1. The first kappa shape index (κ1) is 29.1. The lowest BCUT2D eigenvalue weighted by Crippen LogP contribution is -2.63. The van der Waals surface area contributed by atoms with E-state index in [0.717, 1.165) is 0 Å². The fourth-order valence-corrected chi connectivity index (χ4v) is 6.71. The van der Waals surface area contributed by atoms with Crippen LogP contribution in [-0.4, -0.2) is 106 Å². The Labute approximate surface area is 241 Å². The molecule has 4 atom stereocenters. The van der Waals surface area contributed by atoms with Gasteiger partial charge in [-0.05, 0) is 50.0 Å². The van der Waals surface area contributed by atoms with E-state index in [1.807, 2.05) is 0 Å². The van der Waals surface area contributed by atoms with Gasteiger partial charge in [-0.2, -0.15) is 0 Å². The lowest BCUT2D eigenvalue weighted by Gasteiger charge is -2.50. The predicted octanol–water partition coefficient (Wildman–Crippen LogP) is -0.356. The highest BCUT2D eigenvalue weighted by Gasteiger charge is 2.63.